The summed E-state index contributed by atoms with van der Waals surface area (Å²) in [5, 5.41) is 5.22. The Hall–Kier alpha value is -3.09. The van der Waals surface area contributed by atoms with E-state index in [0.29, 0.717) is 11.5 Å². The zero-order chi connectivity index (χ0) is 18.9. The molecule has 2 amide bonds. The molecule has 2 aromatic carbocycles. The number of methoxy groups -OCH3 is 2. The maximum atomic E-state index is 12.8. The number of hydrogen-bond acceptors (Lipinski definition) is 4. The van der Waals surface area contributed by atoms with Crippen LogP contribution in [-0.4, -0.2) is 32.6 Å². The van der Waals surface area contributed by atoms with Crippen LogP contribution in [0.4, 0.5) is 4.39 Å². The number of halogens is 1. The number of benzene rings is 2. The third-order valence-corrected chi connectivity index (χ3v) is 3.66. The molecule has 2 N–H and O–H groups in total. The van der Waals surface area contributed by atoms with E-state index in [2.05, 4.69) is 10.6 Å². The summed E-state index contributed by atoms with van der Waals surface area (Å²) in [4.78, 5) is 23.8. The average molecular weight is 360 g/mol. The van der Waals surface area contributed by atoms with E-state index in [-0.39, 0.29) is 37.1 Å². The molecular weight excluding hydrogens is 339 g/mol. The Kier molecular flexibility index (Phi) is 6.96. The maximum Gasteiger partial charge on any atom is 0.239 e. The highest BCUT2D eigenvalue weighted by Gasteiger charge is 2.10. The molecule has 6 nitrogen and oxygen atoms in total. The molecule has 0 bridgehead atoms. The van der Waals surface area contributed by atoms with E-state index in [4.69, 9.17) is 9.47 Å². The Morgan fingerprint density at radius 2 is 1.54 bits per heavy atom. The van der Waals surface area contributed by atoms with E-state index in [9.17, 15) is 14.0 Å². The largest absolute Gasteiger partial charge is 0.493 e. The highest BCUT2D eigenvalue weighted by atomic mass is 19.1. The molecule has 0 spiro atoms. The Labute approximate surface area is 151 Å². The smallest absolute Gasteiger partial charge is 0.239 e. The molecule has 0 radical (unpaired) electrons. The summed E-state index contributed by atoms with van der Waals surface area (Å²) in [5.41, 5.74) is 1.52. The van der Waals surface area contributed by atoms with Crippen LogP contribution in [0.5, 0.6) is 11.5 Å². The van der Waals surface area contributed by atoms with E-state index in [0.717, 1.165) is 11.1 Å². The van der Waals surface area contributed by atoms with Crippen LogP contribution >= 0.6 is 0 Å². The number of hydrogen-bond donors (Lipinski definition) is 2. The lowest BCUT2D eigenvalue weighted by Gasteiger charge is -2.10. The molecule has 0 aliphatic heterocycles. The summed E-state index contributed by atoms with van der Waals surface area (Å²) in [6.45, 7) is 0.137. The number of amides is 2. The molecular formula is C19H21FN2O4. The second kappa shape index (κ2) is 9.41. The van der Waals surface area contributed by atoms with Crippen LogP contribution in [0.15, 0.2) is 42.5 Å². The summed E-state index contributed by atoms with van der Waals surface area (Å²) in [6, 6.07) is 11.0. The lowest BCUT2D eigenvalue weighted by molar-refractivity contribution is -0.125. The molecule has 0 unspecified atom stereocenters. The van der Waals surface area contributed by atoms with Crippen LogP contribution in [0.3, 0.4) is 0 Å². The Balaban J connectivity index is 1.77. The van der Waals surface area contributed by atoms with Crippen LogP contribution in [0.25, 0.3) is 0 Å². The Morgan fingerprint density at radius 1 is 0.885 bits per heavy atom. The monoisotopic (exact) mass is 360 g/mol. The van der Waals surface area contributed by atoms with Crippen LogP contribution < -0.4 is 20.1 Å². The number of ether oxygens (including phenoxy) is 2. The van der Waals surface area contributed by atoms with Crippen LogP contribution in [0.1, 0.15) is 11.1 Å². The molecule has 0 saturated carbocycles. The van der Waals surface area contributed by atoms with Gasteiger partial charge in [-0.1, -0.05) is 18.2 Å². The predicted octanol–water partition coefficient (Wildman–Crippen LogP) is 1.82. The van der Waals surface area contributed by atoms with Crippen molar-refractivity contribution in [3.8, 4) is 11.5 Å². The van der Waals surface area contributed by atoms with Crippen molar-refractivity contribution in [1.29, 1.82) is 0 Å². The van der Waals surface area contributed by atoms with Crippen molar-refractivity contribution in [2.45, 2.75) is 13.0 Å². The van der Waals surface area contributed by atoms with Crippen molar-refractivity contribution in [2.75, 3.05) is 20.8 Å². The fourth-order valence-electron chi connectivity index (χ4n) is 2.28. The van der Waals surface area contributed by atoms with Gasteiger partial charge in [0.15, 0.2) is 11.5 Å². The molecule has 0 aromatic heterocycles. The van der Waals surface area contributed by atoms with Crippen molar-refractivity contribution < 1.29 is 23.5 Å². The zero-order valence-electron chi connectivity index (χ0n) is 14.7. The van der Waals surface area contributed by atoms with Gasteiger partial charge in [0.1, 0.15) is 5.82 Å². The standard InChI is InChI=1S/C19H21FN2O4/c1-25-16-8-5-14(9-17(16)26-2)10-18(23)22-12-19(24)21-11-13-3-6-15(20)7-4-13/h3-9H,10-12H2,1-2H3,(H,21,24)(H,22,23). The molecule has 0 atom stereocenters. The lowest BCUT2D eigenvalue weighted by atomic mass is 10.1. The second-order valence-electron chi connectivity index (χ2n) is 5.55. The van der Waals surface area contributed by atoms with E-state index in [1.807, 2.05) is 0 Å². The Bertz CT molecular complexity index is 763. The zero-order valence-corrected chi connectivity index (χ0v) is 14.7. The molecule has 2 aromatic rings. The van der Waals surface area contributed by atoms with Gasteiger partial charge in [-0.15, -0.1) is 0 Å². The normalized spacial score (nSPS) is 10.1. The number of carbonyl (C=O) groups is 2. The highest BCUT2D eigenvalue weighted by molar-refractivity contribution is 5.85. The van der Waals surface area contributed by atoms with Crippen LogP contribution in [0.2, 0.25) is 0 Å². The first-order chi connectivity index (χ1) is 12.5. The van der Waals surface area contributed by atoms with E-state index in [1.54, 1.807) is 30.3 Å². The molecule has 0 saturated heterocycles. The third kappa shape index (κ3) is 5.77. The third-order valence-electron chi connectivity index (χ3n) is 3.66. The van der Waals surface area contributed by atoms with Gasteiger partial charge in [0.2, 0.25) is 11.8 Å². The first kappa shape index (κ1) is 19.2. The van der Waals surface area contributed by atoms with E-state index in [1.165, 1.54) is 26.4 Å². The first-order valence-corrected chi connectivity index (χ1v) is 8.00. The molecule has 0 aliphatic carbocycles. The van der Waals surface area contributed by atoms with Gasteiger partial charge >= 0.3 is 0 Å². The van der Waals surface area contributed by atoms with E-state index >= 15 is 0 Å². The molecule has 7 heteroatoms. The average Bonchev–Trinajstić information content (AvgIpc) is 2.65. The summed E-state index contributed by atoms with van der Waals surface area (Å²) < 4.78 is 23.2. The fourth-order valence-corrected chi connectivity index (χ4v) is 2.28. The van der Waals surface area contributed by atoms with Gasteiger partial charge in [0, 0.05) is 6.54 Å². The van der Waals surface area contributed by atoms with Crippen molar-refractivity contribution in [1.82, 2.24) is 10.6 Å². The van der Waals surface area contributed by atoms with Gasteiger partial charge in [-0.25, -0.2) is 4.39 Å². The van der Waals surface area contributed by atoms with E-state index < -0.39 is 0 Å². The van der Waals surface area contributed by atoms with Gasteiger partial charge in [0.25, 0.3) is 0 Å². The molecule has 2 rings (SSSR count). The molecule has 26 heavy (non-hydrogen) atoms. The van der Waals surface area contributed by atoms with Crippen molar-refractivity contribution >= 4 is 11.8 Å². The Morgan fingerprint density at radius 3 is 2.19 bits per heavy atom. The SMILES string of the molecule is COc1ccc(CC(=O)NCC(=O)NCc2ccc(F)cc2)cc1OC. The minimum Gasteiger partial charge on any atom is -0.493 e. The summed E-state index contributed by atoms with van der Waals surface area (Å²) in [5.74, 6) is 0.179. The minimum absolute atomic E-state index is 0.117. The number of carbonyl (C=O) groups excluding carboxylic acids is 2. The molecule has 0 heterocycles. The van der Waals surface area contributed by atoms with Crippen molar-refractivity contribution in [2.24, 2.45) is 0 Å². The predicted molar refractivity (Wildman–Crippen MR) is 94.5 cm³/mol. The quantitative estimate of drug-likeness (QED) is 0.753. The maximum absolute atomic E-state index is 12.8. The molecule has 0 fully saturated rings. The number of nitrogens with one attached hydrogen (secondary N) is 2. The first-order valence-electron chi connectivity index (χ1n) is 8.00. The summed E-state index contributed by atoms with van der Waals surface area (Å²) in [7, 11) is 3.06. The van der Waals surface area contributed by atoms with Crippen LogP contribution in [-0.2, 0) is 22.6 Å². The van der Waals surface area contributed by atoms with Gasteiger partial charge < -0.3 is 20.1 Å². The minimum atomic E-state index is -0.331. The molecule has 0 aliphatic rings. The number of rotatable bonds is 8. The summed E-state index contributed by atoms with van der Waals surface area (Å²) >= 11 is 0. The van der Waals surface area contributed by atoms with Gasteiger partial charge in [-0.05, 0) is 35.4 Å². The van der Waals surface area contributed by atoms with Gasteiger partial charge in [0.05, 0.1) is 27.2 Å². The fraction of sp³-hybridized carbons (Fsp3) is 0.263. The van der Waals surface area contributed by atoms with Gasteiger partial charge in [-0.2, -0.15) is 0 Å². The van der Waals surface area contributed by atoms with Crippen molar-refractivity contribution in [3.05, 3.63) is 59.4 Å². The topological polar surface area (TPSA) is 76.7 Å². The summed E-state index contributed by atoms with van der Waals surface area (Å²) in [6.07, 6.45) is 0.117. The van der Waals surface area contributed by atoms with Crippen LogP contribution in [0, 0.1) is 5.82 Å². The lowest BCUT2D eigenvalue weighted by Crippen LogP contribution is -2.37. The molecule has 138 valence electrons. The van der Waals surface area contributed by atoms with Gasteiger partial charge in [-0.3, -0.25) is 9.59 Å². The highest BCUT2D eigenvalue weighted by Crippen LogP contribution is 2.27. The van der Waals surface area contributed by atoms with Crippen molar-refractivity contribution in [3.63, 3.8) is 0 Å². The second-order valence-corrected chi connectivity index (χ2v) is 5.55.